The van der Waals surface area contributed by atoms with Crippen LogP contribution in [0.1, 0.15) is 34.9 Å². The summed E-state index contributed by atoms with van der Waals surface area (Å²) in [5, 5.41) is 0. The molecule has 0 bridgehead atoms. The van der Waals surface area contributed by atoms with Gasteiger partial charge in [0.05, 0.1) is 12.3 Å². The van der Waals surface area contributed by atoms with E-state index in [1.807, 2.05) is 12.1 Å². The summed E-state index contributed by atoms with van der Waals surface area (Å²) in [4.78, 5) is 11.5. The fourth-order valence-electron chi connectivity index (χ4n) is 3.71. The van der Waals surface area contributed by atoms with E-state index in [1.54, 1.807) is 6.33 Å². The smallest absolute Gasteiger partial charge is 0.123 e. The lowest BCUT2D eigenvalue weighted by Crippen LogP contribution is -2.26. The van der Waals surface area contributed by atoms with Crippen molar-refractivity contribution >= 4 is 0 Å². The molecule has 1 saturated heterocycles. The third-order valence-corrected chi connectivity index (χ3v) is 5.05. The first kappa shape index (κ1) is 15.7. The van der Waals surface area contributed by atoms with E-state index >= 15 is 0 Å². The van der Waals surface area contributed by atoms with Gasteiger partial charge in [0.25, 0.3) is 0 Å². The lowest BCUT2D eigenvalue weighted by molar-refractivity contribution is 0.193. The van der Waals surface area contributed by atoms with Gasteiger partial charge in [-0.15, -0.1) is 0 Å². The maximum absolute atomic E-state index is 13.1. The van der Waals surface area contributed by atoms with Gasteiger partial charge in [-0.25, -0.2) is 14.4 Å². The SMILES string of the molecule is Fc1ccc(CN2CCc3ncnc([C@@H]4CCOC4)c3CC2)cc1. The van der Waals surface area contributed by atoms with Crippen LogP contribution in [0.15, 0.2) is 30.6 Å². The van der Waals surface area contributed by atoms with Crippen LogP contribution >= 0.6 is 0 Å². The number of fused-ring (bicyclic) bond motifs is 1. The molecule has 0 N–H and O–H groups in total. The van der Waals surface area contributed by atoms with Crippen molar-refractivity contribution in [2.75, 3.05) is 26.3 Å². The molecule has 0 aliphatic carbocycles. The molecule has 0 spiro atoms. The molecule has 2 aromatic rings. The third kappa shape index (κ3) is 3.32. The van der Waals surface area contributed by atoms with Crippen LogP contribution in [0.5, 0.6) is 0 Å². The topological polar surface area (TPSA) is 38.2 Å². The summed E-state index contributed by atoms with van der Waals surface area (Å²) in [6.45, 7) is 4.42. The second kappa shape index (κ2) is 6.95. The van der Waals surface area contributed by atoms with Gasteiger partial charge in [-0.1, -0.05) is 12.1 Å². The summed E-state index contributed by atoms with van der Waals surface area (Å²) in [5.74, 6) is 0.242. The van der Waals surface area contributed by atoms with Crippen LogP contribution in [-0.4, -0.2) is 41.2 Å². The Morgan fingerprint density at radius 1 is 1.12 bits per heavy atom. The van der Waals surface area contributed by atoms with Crippen molar-refractivity contribution < 1.29 is 9.13 Å². The van der Waals surface area contributed by atoms with Gasteiger partial charge in [0.1, 0.15) is 12.1 Å². The predicted molar refractivity (Wildman–Crippen MR) is 89.3 cm³/mol. The first-order valence-electron chi connectivity index (χ1n) is 8.67. The molecule has 0 unspecified atom stereocenters. The van der Waals surface area contributed by atoms with E-state index in [0.29, 0.717) is 5.92 Å². The number of hydrogen-bond acceptors (Lipinski definition) is 4. The van der Waals surface area contributed by atoms with Crippen LogP contribution in [0.25, 0.3) is 0 Å². The van der Waals surface area contributed by atoms with Crippen molar-refractivity contribution in [3.05, 3.63) is 58.9 Å². The summed E-state index contributed by atoms with van der Waals surface area (Å²) in [5.41, 5.74) is 4.86. The van der Waals surface area contributed by atoms with Crippen molar-refractivity contribution in [1.29, 1.82) is 0 Å². The number of halogens is 1. The molecule has 2 aliphatic rings. The lowest BCUT2D eigenvalue weighted by atomic mass is 9.96. The fraction of sp³-hybridized carbons (Fsp3) is 0.474. The number of nitrogens with zero attached hydrogens (tertiary/aromatic N) is 3. The van der Waals surface area contributed by atoms with Gasteiger partial charge < -0.3 is 4.74 Å². The van der Waals surface area contributed by atoms with Crippen molar-refractivity contribution in [3.8, 4) is 0 Å². The van der Waals surface area contributed by atoms with E-state index < -0.39 is 0 Å². The number of ether oxygens (including phenoxy) is 1. The molecule has 2 aliphatic heterocycles. The summed E-state index contributed by atoms with van der Waals surface area (Å²) in [7, 11) is 0. The lowest BCUT2D eigenvalue weighted by Gasteiger charge is -2.19. The Morgan fingerprint density at radius 3 is 2.75 bits per heavy atom. The van der Waals surface area contributed by atoms with Gasteiger partial charge in [0.15, 0.2) is 0 Å². The second-order valence-electron chi connectivity index (χ2n) is 6.65. The van der Waals surface area contributed by atoms with Gasteiger partial charge >= 0.3 is 0 Å². The molecule has 3 heterocycles. The Bertz CT molecular complexity index is 698. The summed E-state index contributed by atoms with van der Waals surface area (Å²) < 4.78 is 18.6. The molecule has 24 heavy (non-hydrogen) atoms. The van der Waals surface area contributed by atoms with Crippen LogP contribution in [0.4, 0.5) is 4.39 Å². The first-order chi connectivity index (χ1) is 11.8. The number of benzene rings is 1. The van der Waals surface area contributed by atoms with Crippen LogP contribution < -0.4 is 0 Å². The van der Waals surface area contributed by atoms with Crippen molar-refractivity contribution in [2.45, 2.75) is 31.7 Å². The van der Waals surface area contributed by atoms with E-state index in [9.17, 15) is 4.39 Å². The molecule has 0 saturated carbocycles. The molecular formula is C19H22FN3O. The standard InChI is InChI=1S/C19H22FN3O/c20-16-3-1-14(2-4-16)11-23-8-5-17-18(6-9-23)21-13-22-19(17)15-7-10-24-12-15/h1-4,13,15H,5-12H2/t15-/m1/s1. The maximum Gasteiger partial charge on any atom is 0.123 e. The molecule has 1 fully saturated rings. The van der Waals surface area contributed by atoms with E-state index in [0.717, 1.165) is 57.7 Å². The summed E-state index contributed by atoms with van der Waals surface area (Å²) in [6.07, 6.45) is 4.69. The average Bonchev–Trinajstić information content (AvgIpc) is 3.06. The van der Waals surface area contributed by atoms with E-state index in [2.05, 4.69) is 14.9 Å². The second-order valence-corrected chi connectivity index (χ2v) is 6.65. The highest BCUT2D eigenvalue weighted by molar-refractivity contribution is 5.30. The van der Waals surface area contributed by atoms with Crippen molar-refractivity contribution in [1.82, 2.24) is 14.9 Å². The van der Waals surface area contributed by atoms with Crippen LogP contribution in [0.2, 0.25) is 0 Å². The normalized spacial score (nSPS) is 21.5. The quantitative estimate of drug-likeness (QED) is 0.869. The van der Waals surface area contributed by atoms with E-state index in [-0.39, 0.29) is 5.82 Å². The molecule has 1 aromatic heterocycles. The monoisotopic (exact) mass is 327 g/mol. The van der Waals surface area contributed by atoms with Gasteiger partial charge in [0, 0.05) is 44.3 Å². The Kier molecular flexibility index (Phi) is 4.54. The van der Waals surface area contributed by atoms with Crippen LogP contribution in [-0.2, 0) is 24.1 Å². The molecule has 0 radical (unpaired) electrons. The summed E-state index contributed by atoms with van der Waals surface area (Å²) in [6, 6.07) is 6.81. The minimum absolute atomic E-state index is 0.180. The van der Waals surface area contributed by atoms with Gasteiger partial charge in [0.2, 0.25) is 0 Å². The number of aromatic nitrogens is 2. The Labute approximate surface area is 141 Å². The molecule has 4 rings (SSSR count). The van der Waals surface area contributed by atoms with Crippen molar-refractivity contribution in [3.63, 3.8) is 0 Å². The third-order valence-electron chi connectivity index (χ3n) is 5.05. The maximum atomic E-state index is 13.1. The highest BCUT2D eigenvalue weighted by atomic mass is 19.1. The highest BCUT2D eigenvalue weighted by Gasteiger charge is 2.25. The van der Waals surface area contributed by atoms with E-state index in [1.165, 1.54) is 29.1 Å². The predicted octanol–water partition coefficient (Wildman–Crippen LogP) is 2.72. The Morgan fingerprint density at radius 2 is 1.96 bits per heavy atom. The number of rotatable bonds is 3. The molecular weight excluding hydrogens is 305 g/mol. The largest absolute Gasteiger partial charge is 0.381 e. The Balaban J connectivity index is 1.49. The average molecular weight is 327 g/mol. The van der Waals surface area contributed by atoms with Gasteiger partial charge in [-0.05, 0) is 36.1 Å². The molecule has 1 atom stereocenters. The molecule has 5 heteroatoms. The molecule has 126 valence electrons. The highest BCUT2D eigenvalue weighted by Crippen LogP contribution is 2.29. The van der Waals surface area contributed by atoms with Gasteiger partial charge in [-0.2, -0.15) is 0 Å². The Hall–Kier alpha value is -1.85. The van der Waals surface area contributed by atoms with Crippen molar-refractivity contribution in [2.24, 2.45) is 0 Å². The zero-order valence-electron chi connectivity index (χ0n) is 13.7. The van der Waals surface area contributed by atoms with Gasteiger partial charge in [-0.3, -0.25) is 4.90 Å². The van der Waals surface area contributed by atoms with Crippen LogP contribution in [0.3, 0.4) is 0 Å². The molecule has 0 amide bonds. The minimum Gasteiger partial charge on any atom is -0.381 e. The molecule has 4 nitrogen and oxygen atoms in total. The first-order valence-corrected chi connectivity index (χ1v) is 8.67. The fourth-order valence-corrected chi connectivity index (χ4v) is 3.71. The number of hydrogen-bond donors (Lipinski definition) is 0. The zero-order chi connectivity index (χ0) is 16.4. The zero-order valence-corrected chi connectivity index (χ0v) is 13.7. The molecule has 1 aromatic carbocycles. The van der Waals surface area contributed by atoms with E-state index in [4.69, 9.17) is 4.74 Å². The summed E-state index contributed by atoms with van der Waals surface area (Å²) >= 11 is 0. The minimum atomic E-state index is -0.180. The van der Waals surface area contributed by atoms with Crippen LogP contribution in [0, 0.1) is 5.82 Å².